The molecule has 32 heavy (non-hydrogen) atoms. The number of anilines is 2. The van der Waals surface area contributed by atoms with Crippen LogP contribution in [-0.4, -0.2) is 39.0 Å². The maximum atomic E-state index is 14.6. The Morgan fingerprint density at radius 2 is 1.84 bits per heavy atom. The Kier molecular flexibility index (Phi) is 5.94. The molecule has 6 nitrogen and oxygen atoms in total. The Morgan fingerprint density at radius 3 is 2.53 bits per heavy atom. The average Bonchev–Trinajstić information content (AvgIpc) is 2.75. The molecule has 1 aliphatic heterocycles. The van der Waals surface area contributed by atoms with Gasteiger partial charge in [0.05, 0.1) is 40.3 Å². The van der Waals surface area contributed by atoms with Gasteiger partial charge in [0.25, 0.3) is 6.43 Å². The predicted octanol–water partition coefficient (Wildman–Crippen LogP) is 4.93. The quantitative estimate of drug-likeness (QED) is 0.580. The highest BCUT2D eigenvalue weighted by Crippen LogP contribution is 2.33. The van der Waals surface area contributed by atoms with Gasteiger partial charge in [0.2, 0.25) is 0 Å². The number of hydrogen-bond acceptors (Lipinski definition) is 6. The molecule has 9 heteroatoms. The minimum absolute atomic E-state index is 0.126. The smallest absolute Gasteiger partial charge is 0.266 e. The number of aryl methyl sites for hydroxylation is 1. The highest BCUT2D eigenvalue weighted by atomic mass is 19.3. The normalized spacial score (nSPS) is 17.1. The molecule has 3 heterocycles. The summed E-state index contributed by atoms with van der Waals surface area (Å²) >= 11 is 0. The molecule has 0 aliphatic carbocycles. The molecule has 1 aromatic carbocycles. The van der Waals surface area contributed by atoms with Gasteiger partial charge in [0.1, 0.15) is 5.82 Å². The number of rotatable bonds is 5. The van der Waals surface area contributed by atoms with E-state index >= 15 is 0 Å². The lowest BCUT2D eigenvalue weighted by molar-refractivity contribution is 0.0351. The zero-order valence-electron chi connectivity index (χ0n) is 18.2. The van der Waals surface area contributed by atoms with E-state index in [0.29, 0.717) is 48.3 Å². The fraction of sp³-hybridized carbons (Fsp3) is 0.435. The van der Waals surface area contributed by atoms with E-state index in [9.17, 15) is 18.3 Å². The number of alkyl halides is 2. The number of nitrogens with zero attached hydrogens (tertiary/aromatic N) is 4. The van der Waals surface area contributed by atoms with Gasteiger partial charge in [0.15, 0.2) is 5.82 Å². The van der Waals surface area contributed by atoms with E-state index in [1.807, 2.05) is 13.0 Å². The minimum atomic E-state index is -2.89. The topological polar surface area (TPSA) is 74.2 Å². The molecule has 0 saturated carbocycles. The van der Waals surface area contributed by atoms with E-state index in [1.54, 1.807) is 20.0 Å². The molecule has 0 bridgehead atoms. The number of aliphatic hydroxyl groups is 1. The number of aromatic nitrogens is 3. The fourth-order valence-corrected chi connectivity index (χ4v) is 4.03. The standard InChI is InChI=1S/C23H26F3N5O/c1-13(16-5-4-6-17(19(16)24)21(25)26)28-22-18-11-15(12-27-20(18)14(2)29-30-22)31-9-7-23(3,32)8-10-31/h4-6,11-13,21,32H,7-10H2,1-3H3,(H,28,30)/t13-/m1/s1. The van der Waals surface area contributed by atoms with Crippen LogP contribution in [-0.2, 0) is 0 Å². The molecule has 0 amide bonds. The van der Waals surface area contributed by atoms with E-state index < -0.39 is 29.4 Å². The van der Waals surface area contributed by atoms with Crippen LogP contribution < -0.4 is 10.2 Å². The molecule has 4 rings (SSSR count). The SMILES string of the molecule is Cc1nnc(N[C@H](C)c2cccc(C(F)F)c2F)c2cc(N3CCC(C)(O)CC3)cnc12. The highest BCUT2D eigenvalue weighted by Gasteiger charge is 2.28. The summed E-state index contributed by atoms with van der Waals surface area (Å²) in [7, 11) is 0. The van der Waals surface area contributed by atoms with Crippen molar-refractivity contribution >= 4 is 22.4 Å². The van der Waals surface area contributed by atoms with Gasteiger partial charge < -0.3 is 15.3 Å². The molecule has 0 unspecified atom stereocenters. The lowest BCUT2D eigenvalue weighted by Gasteiger charge is -2.37. The van der Waals surface area contributed by atoms with E-state index in [1.165, 1.54) is 12.1 Å². The predicted molar refractivity (Wildman–Crippen MR) is 118 cm³/mol. The minimum Gasteiger partial charge on any atom is -0.390 e. The van der Waals surface area contributed by atoms with Gasteiger partial charge in [-0.05, 0) is 39.7 Å². The Hall–Kier alpha value is -2.94. The van der Waals surface area contributed by atoms with Crippen molar-refractivity contribution in [1.29, 1.82) is 0 Å². The summed E-state index contributed by atoms with van der Waals surface area (Å²) in [5.74, 6) is -0.524. The molecule has 2 aromatic heterocycles. The Bertz CT molecular complexity index is 1130. The first-order chi connectivity index (χ1) is 15.2. The molecule has 3 aromatic rings. The summed E-state index contributed by atoms with van der Waals surface area (Å²) in [6.07, 6.45) is 0.191. The fourth-order valence-electron chi connectivity index (χ4n) is 4.03. The van der Waals surface area contributed by atoms with Crippen molar-refractivity contribution in [3.8, 4) is 0 Å². The third-order valence-electron chi connectivity index (χ3n) is 6.09. The van der Waals surface area contributed by atoms with E-state index in [2.05, 4.69) is 25.4 Å². The number of nitrogens with one attached hydrogen (secondary N) is 1. The molecule has 170 valence electrons. The zero-order chi connectivity index (χ0) is 23.0. The van der Waals surface area contributed by atoms with Gasteiger partial charge >= 0.3 is 0 Å². The van der Waals surface area contributed by atoms with Crippen molar-refractivity contribution in [2.24, 2.45) is 0 Å². The number of hydrogen-bond donors (Lipinski definition) is 2. The third kappa shape index (κ3) is 4.34. The van der Waals surface area contributed by atoms with Crippen molar-refractivity contribution in [1.82, 2.24) is 15.2 Å². The second-order valence-electron chi connectivity index (χ2n) is 8.62. The zero-order valence-corrected chi connectivity index (χ0v) is 18.2. The molecule has 1 aliphatic rings. The van der Waals surface area contributed by atoms with Crippen LogP contribution in [0.3, 0.4) is 0 Å². The van der Waals surface area contributed by atoms with Gasteiger partial charge in [-0.2, -0.15) is 5.10 Å². The number of pyridine rings is 1. The van der Waals surface area contributed by atoms with Crippen LogP contribution >= 0.6 is 0 Å². The molecular weight excluding hydrogens is 419 g/mol. The molecule has 1 saturated heterocycles. The monoisotopic (exact) mass is 445 g/mol. The number of fused-ring (bicyclic) bond motifs is 1. The van der Waals surface area contributed by atoms with E-state index in [-0.39, 0.29) is 5.56 Å². The summed E-state index contributed by atoms with van der Waals surface area (Å²) < 4.78 is 40.8. The van der Waals surface area contributed by atoms with Gasteiger partial charge in [-0.25, -0.2) is 13.2 Å². The summed E-state index contributed by atoms with van der Waals surface area (Å²) in [5.41, 5.74) is 1.03. The molecule has 1 fully saturated rings. The first-order valence-electron chi connectivity index (χ1n) is 10.6. The maximum Gasteiger partial charge on any atom is 0.266 e. The van der Waals surface area contributed by atoms with Gasteiger partial charge in [-0.3, -0.25) is 4.98 Å². The van der Waals surface area contributed by atoms with Crippen LogP contribution in [0.25, 0.3) is 10.9 Å². The van der Waals surface area contributed by atoms with Gasteiger partial charge in [0, 0.05) is 24.0 Å². The largest absolute Gasteiger partial charge is 0.390 e. The molecule has 0 radical (unpaired) electrons. The van der Waals surface area contributed by atoms with Crippen LogP contribution in [0.5, 0.6) is 0 Å². The molecule has 0 spiro atoms. The van der Waals surface area contributed by atoms with Crippen molar-refractivity contribution in [2.75, 3.05) is 23.3 Å². The van der Waals surface area contributed by atoms with Crippen LogP contribution in [0.1, 0.15) is 56.0 Å². The molecule has 2 N–H and O–H groups in total. The molecule has 1 atom stereocenters. The van der Waals surface area contributed by atoms with Crippen molar-refractivity contribution < 1.29 is 18.3 Å². The number of piperidine rings is 1. The summed E-state index contributed by atoms with van der Waals surface area (Å²) in [5, 5.41) is 22.4. The van der Waals surface area contributed by atoms with Crippen molar-refractivity contribution in [3.63, 3.8) is 0 Å². The second-order valence-corrected chi connectivity index (χ2v) is 8.62. The van der Waals surface area contributed by atoms with Gasteiger partial charge in [-0.15, -0.1) is 5.10 Å². The number of halogens is 3. The first-order valence-corrected chi connectivity index (χ1v) is 10.6. The van der Waals surface area contributed by atoms with Crippen LogP contribution in [0.2, 0.25) is 0 Å². The van der Waals surface area contributed by atoms with Gasteiger partial charge in [-0.1, -0.05) is 18.2 Å². The summed E-state index contributed by atoms with van der Waals surface area (Å²) in [6, 6.07) is 5.31. The van der Waals surface area contributed by atoms with Crippen LogP contribution in [0.4, 0.5) is 24.7 Å². The Balaban J connectivity index is 1.67. The molecular formula is C23H26F3N5O. The van der Waals surface area contributed by atoms with Crippen LogP contribution in [0.15, 0.2) is 30.5 Å². The maximum absolute atomic E-state index is 14.6. The van der Waals surface area contributed by atoms with Crippen molar-refractivity contribution in [2.45, 2.75) is 51.7 Å². The summed E-state index contributed by atoms with van der Waals surface area (Å²) in [4.78, 5) is 6.72. The summed E-state index contributed by atoms with van der Waals surface area (Å²) in [6.45, 7) is 6.72. The third-order valence-corrected chi connectivity index (χ3v) is 6.09. The highest BCUT2D eigenvalue weighted by molar-refractivity contribution is 5.92. The van der Waals surface area contributed by atoms with Crippen LogP contribution in [0, 0.1) is 12.7 Å². The lowest BCUT2D eigenvalue weighted by Crippen LogP contribution is -2.42. The Labute approximate surface area is 184 Å². The second kappa shape index (κ2) is 8.54. The van der Waals surface area contributed by atoms with E-state index in [4.69, 9.17) is 0 Å². The number of benzene rings is 1. The first kappa shape index (κ1) is 22.3. The average molecular weight is 445 g/mol. The van der Waals surface area contributed by atoms with E-state index in [0.717, 1.165) is 11.8 Å². The Morgan fingerprint density at radius 1 is 1.16 bits per heavy atom. The van der Waals surface area contributed by atoms with Crippen molar-refractivity contribution in [3.05, 3.63) is 53.1 Å². The lowest BCUT2D eigenvalue weighted by atomic mass is 9.93.